The number of fused-ring (bicyclic) bond motifs is 1. The summed E-state index contributed by atoms with van der Waals surface area (Å²) in [5.41, 5.74) is 0. The van der Waals surface area contributed by atoms with Gasteiger partial charge in [0.05, 0.1) is 0 Å². The summed E-state index contributed by atoms with van der Waals surface area (Å²) in [6.07, 6.45) is 11.6. The van der Waals surface area contributed by atoms with Gasteiger partial charge in [-0.25, -0.2) is 0 Å². The predicted molar refractivity (Wildman–Crippen MR) is 83.5 cm³/mol. The lowest BCUT2D eigenvalue weighted by Gasteiger charge is -2.44. The molecule has 0 aromatic heterocycles. The fraction of sp³-hybridized carbons (Fsp3) is 1.00. The van der Waals surface area contributed by atoms with E-state index in [4.69, 9.17) is 0 Å². The molecule has 0 bridgehead atoms. The van der Waals surface area contributed by atoms with E-state index < -0.39 is 0 Å². The summed E-state index contributed by atoms with van der Waals surface area (Å²) in [5, 5.41) is 3.64. The lowest BCUT2D eigenvalue weighted by atomic mass is 9.78. The minimum Gasteiger partial charge on any atom is -0.315 e. The van der Waals surface area contributed by atoms with E-state index in [9.17, 15) is 0 Å². The van der Waals surface area contributed by atoms with Gasteiger partial charge in [-0.2, -0.15) is 0 Å². The van der Waals surface area contributed by atoms with Crippen LogP contribution in [-0.2, 0) is 0 Å². The molecular weight excluding hydrogens is 232 g/mol. The molecule has 0 radical (unpaired) electrons. The molecule has 2 unspecified atom stereocenters. The molecule has 2 nitrogen and oxygen atoms in total. The second kappa shape index (κ2) is 8.26. The zero-order valence-corrected chi connectivity index (χ0v) is 13.2. The Kier molecular flexibility index (Phi) is 6.66. The molecular formula is C17H34N2. The molecule has 0 spiro atoms. The van der Waals surface area contributed by atoms with Crippen molar-refractivity contribution in [3.8, 4) is 0 Å². The van der Waals surface area contributed by atoms with Gasteiger partial charge in [0.1, 0.15) is 0 Å². The van der Waals surface area contributed by atoms with Crippen LogP contribution in [0, 0.1) is 11.8 Å². The molecule has 1 N–H and O–H groups in total. The van der Waals surface area contributed by atoms with E-state index in [1.807, 2.05) is 0 Å². The van der Waals surface area contributed by atoms with Gasteiger partial charge in [0.2, 0.25) is 0 Å². The predicted octanol–water partition coefficient (Wildman–Crippen LogP) is 3.67. The standard InChI is InChI=1S/C17H34N2/c1-15(2)7-5-11-18-12-14-19-13-6-9-16-8-3-4-10-17(16)19/h15-18H,3-14H2,1-2H3. The van der Waals surface area contributed by atoms with Crippen molar-refractivity contribution in [2.75, 3.05) is 26.2 Å². The van der Waals surface area contributed by atoms with E-state index >= 15 is 0 Å². The number of nitrogens with zero attached hydrogens (tertiary/aromatic N) is 1. The lowest BCUT2D eigenvalue weighted by molar-refractivity contribution is 0.0619. The maximum absolute atomic E-state index is 3.64. The Hall–Kier alpha value is -0.0800. The van der Waals surface area contributed by atoms with E-state index in [1.165, 1.54) is 77.5 Å². The third-order valence-electron chi connectivity index (χ3n) is 5.07. The van der Waals surface area contributed by atoms with Crippen LogP contribution in [0.1, 0.15) is 65.2 Å². The highest BCUT2D eigenvalue weighted by Gasteiger charge is 2.32. The van der Waals surface area contributed by atoms with Crippen molar-refractivity contribution >= 4 is 0 Å². The van der Waals surface area contributed by atoms with E-state index in [-0.39, 0.29) is 0 Å². The molecule has 1 saturated heterocycles. The van der Waals surface area contributed by atoms with Gasteiger partial charge in [0.25, 0.3) is 0 Å². The summed E-state index contributed by atoms with van der Waals surface area (Å²) in [6, 6.07) is 0.931. The number of nitrogens with one attached hydrogen (secondary N) is 1. The molecule has 1 saturated carbocycles. The SMILES string of the molecule is CC(C)CCCNCCN1CCCC2CCCCC21. The zero-order chi connectivity index (χ0) is 13.5. The van der Waals surface area contributed by atoms with Crippen molar-refractivity contribution in [2.24, 2.45) is 11.8 Å². The van der Waals surface area contributed by atoms with E-state index in [0.29, 0.717) is 0 Å². The van der Waals surface area contributed by atoms with Gasteiger partial charge < -0.3 is 5.32 Å². The third-order valence-corrected chi connectivity index (χ3v) is 5.07. The highest BCUT2D eigenvalue weighted by atomic mass is 15.2. The summed E-state index contributed by atoms with van der Waals surface area (Å²) in [5.74, 6) is 1.88. The van der Waals surface area contributed by atoms with Crippen LogP contribution < -0.4 is 5.32 Å². The smallest absolute Gasteiger partial charge is 0.0124 e. The molecule has 0 amide bonds. The molecule has 2 aliphatic rings. The molecule has 19 heavy (non-hydrogen) atoms. The quantitative estimate of drug-likeness (QED) is 0.707. The van der Waals surface area contributed by atoms with Crippen LogP contribution >= 0.6 is 0 Å². The van der Waals surface area contributed by atoms with Crippen LogP contribution in [0.15, 0.2) is 0 Å². The molecule has 1 aliphatic heterocycles. The van der Waals surface area contributed by atoms with E-state index in [1.54, 1.807) is 0 Å². The molecule has 2 rings (SSSR count). The van der Waals surface area contributed by atoms with Gasteiger partial charge in [-0.15, -0.1) is 0 Å². The molecule has 1 aliphatic carbocycles. The highest BCUT2D eigenvalue weighted by molar-refractivity contribution is 4.87. The number of piperidine rings is 1. The minimum atomic E-state index is 0.854. The van der Waals surface area contributed by atoms with Crippen LogP contribution in [0.25, 0.3) is 0 Å². The highest BCUT2D eigenvalue weighted by Crippen LogP contribution is 2.34. The van der Waals surface area contributed by atoms with Gasteiger partial charge in [-0.3, -0.25) is 4.90 Å². The first kappa shape index (κ1) is 15.3. The van der Waals surface area contributed by atoms with Crippen molar-refractivity contribution in [3.05, 3.63) is 0 Å². The Bertz CT molecular complexity index is 237. The number of hydrogen-bond acceptors (Lipinski definition) is 2. The number of likely N-dealkylation sites (tertiary alicyclic amines) is 1. The normalized spacial score (nSPS) is 28.6. The Balaban J connectivity index is 1.59. The first-order valence-corrected chi connectivity index (χ1v) is 8.72. The maximum Gasteiger partial charge on any atom is 0.0124 e. The van der Waals surface area contributed by atoms with E-state index in [0.717, 1.165) is 17.9 Å². The fourth-order valence-electron chi connectivity index (χ4n) is 3.99. The van der Waals surface area contributed by atoms with Crippen LogP contribution in [0.2, 0.25) is 0 Å². The van der Waals surface area contributed by atoms with Gasteiger partial charge in [0, 0.05) is 19.1 Å². The Labute approximate surface area is 120 Å². The molecule has 0 aromatic rings. The first-order chi connectivity index (χ1) is 9.27. The second-order valence-corrected chi connectivity index (χ2v) is 7.08. The molecule has 2 fully saturated rings. The summed E-state index contributed by atoms with van der Waals surface area (Å²) >= 11 is 0. The van der Waals surface area contributed by atoms with Gasteiger partial charge >= 0.3 is 0 Å². The summed E-state index contributed by atoms with van der Waals surface area (Å²) < 4.78 is 0. The van der Waals surface area contributed by atoms with Crippen LogP contribution in [0.5, 0.6) is 0 Å². The minimum absolute atomic E-state index is 0.854. The topological polar surface area (TPSA) is 15.3 Å². The fourth-order valence-corrected chi connectivity index (χ4v) is 3.99. The zero-order valence-electron chi connectivity index (χ0n) is 13.2. The number of rotatable bonds is 7. The summed E-state index contributed by atoms with van der Waals surface area (Å²) in [4.78, 5) is 2.79. The Morgan fingerprint density at radius 2 is 1.84 bits per heavy atom. The van der Waals surface area contributed by atoms with Gasteiger partial charge in [-0.1, -0.05) is 26.7 Å². The lowest BCUT2D eigenvalue weighted by Crippen LogP contribution is -2.48. The summed E-state index contributed by atoms with van der Waals surface area (Å²) in [7, 11) is 0. The third kappa shape index (κ3) is 5.07. The largest absolute Gasteiger partial charge is 0.315 e. The van der Waals surface area contributed by atoms with Crippen molar-refractivity contribution in [1.82, 2.24) is 10.2 Å². The van der Waals surface area contributed by atoms with Crippen LogP contribution in [-0.4, -0.2) is 37.1 Å². The molecule has 2 atom stereocenters. The average Bonchev–Trinajstić information content (AvgIpc) is 2.42. The van der Waals surface area contributed by atoms with Gasteiger partial charge in [0.15, 0.2) is 0 Å². The van der Waals surface area contributed by atoms with Crippen LogP contribution in [0.3, 0.4) is 0 Å². The van der Waals surface area contributed by atoms with Crippen LogP contribution in [0.4, 0.5) is 0 Å². The van der Waals surface area contributed by atoms with Crippen molar-refractivity contribution in [3.63, 3.8) is 0 Å². The first-order valence-electron chi connectivity index (χ1n) is 8.72. The monoisotopic (exact) mass is 266 g/mol. The summed E-state index contributed by atoms with van der Waals surface area (Å²) in [6.45, 7) is 9.67. The van der Waals surface area contributed by atoms with Crippen molar-refractivity contribution in [1.29, 1.82) is 0 Å². The average molecular weight is 266 g/mol. The second-order valence-electron chi connectivity index (χ2n) is 7.08. The Morgan fingerprint density at radius 1 is 1.05 bits per heavy atom. The van der Waals surface area contributed by atoms with E-state index in [2.05, 4.69) is 24.1 Å². The molecule has 112 valence electrons. The maximum atomic E-state index is 3.64. The van der Waals surface area contributed by atoms with Crippen molar-refractivity contribution < 1.29 is 0 Å². The molecule has 2 heteroatoms. The Morgan fingerprint density at radius 3 is 2.68 bits per heavy atom. The number of hydrogen-bond donors (Lipinski definition) is 1. The van der Waals surface area contributed by atoms with Gasteiger partial charge in [-0.05, 0) is 63.5 Å². The van der Waals surface area contributed by atoms with Crippen molar-refractivity contribution in [2.45, 2.75) is 71.3 Å². The molecule has 0 aromatic carbocycles. The molecule has 1 heterocycles.